The number of hydrogen-bond donors (Lipinski definition) is 1. The summed E-state index contributed by atoms with van der Waals surface area (Å²) in [4.78, 5) is 24.0. The summed E-state index contributed by atoms with van der Waals surface area (Å²) in [6.07, 6.45) is 2.27. The van der Waals surface area contributed by atoms with Gasteiger partial charge in [0.15, 0.2) is 5.96 Å². The number of piperazine rings is 1. The van der Waals surface area contributed by atoms with E-state index in [2.05, 4.69) is 28.1 Å². The largest absolute Gasteiger partial charge is 0.357 e. The number of benzene rings is 1. The van der Waals surface area contributed by atoms with E-state index in [0.717, 1.165) is 70.2 Å². The van der Waals surface area contributed by atoms with Gasteiger partial charge < -0.3 is 15.1 Å². The first-order valence-corrected chi connectivity index (χ1v) is 10.7. The van der Waals surface area contributed by atoms with E-state index in [0.29, 0.717) is 12.1 Å². The number of carbonyl (C=O) groups excluding carboxylic acids is 1. The molecule has 1 atom stereocenters. The summed E-state index contributed by atoms with van der Waals surface area (Å²) in [5.41, 5.74) is 1.75. The lowest BCUT2D eigenvalue weighted by molar-refractivity contribution is -0.135. The Labute approximate surface area is 197 Å². The van der Waals surface area contributed by atoms with E-state index in [9.17, 15) is 4.79 Å². The number of halogens is 1. The summed E-state index contributed by atoms with van der Waals surface area (Å²) in [6.45, 7) is 10.8. The Balaban J connectivity index is 0.00000320. The lowest BCUT2D eigenvalue weighted by Gasteiger charge is -2.39. The van der Waals surface area contributed by atoms with Crippen LogP contribution >= 0.6 is 24.0 Å². The molecular formula is C22H33IN6O. The first-order chi connectivity index (χ1) is 14.1. The highest BCUT2D eigenvalue weighted by Gasteiger charge is 2.30. The first-order valence-electron chi connectivity index (χ1n) is 10.7. The van der Waals surface area contributed by atoms with Gasteiger partial charge in [0.25, 0.3) is 0 Å². The molecule has 2 aliphatic rings. The number of aliphatic imine (C=N–C) groups is 1. The topological polar surface area (TPSA) is 75.0 Å². The fourth-order valence-corrected chi connectivity index (χ4v) is 3.96. The second kappa shape index (κ2) is 12.1. The minimum absolute atomic E-state index is 0. The Morgan fingerprint density at radius 1 is 1.10 bits per heavy atom. The number of amides is 1. The molecule has 0 spiro atoms. The van der Waals surface area contributed by atoms with Crippen molar-refractivity contribution >= 4 is 35.8 Å². The molecule has 0 aliphatic carbocycles. The molecule has 0 bridgehead atoms. The van der Waals surface area contributed by atoms with Crippen molar-refractivity contribution in [3.63, 3.8) is 0 Å². The number of nitrogens with one attached hydrogen (secondary N) is 1. The first kappa shape index (κ1) is 24.4. The average Bonchev–Trinajstić information content (AvgIpc) is 3.31. The Morgan fingerprint density at radius 2 is 1.73 bits per heavy atom. The highest BCUT2D eigenvalue weighted by molar-refractivity contribution is 14.0. The maximum Gasteiger partial charge on any atom is 0.239 e. The van der Waals surface area contributed by atoms with E-state index >= 15 is 0 Å². The van der Waals surface area contributed by atoms with Gasteiger partial charge in [0.05, 0.1) is 24.2 Å². The molecule has 1 N–H and O–H groups in total. The van der Waals surface area contributed by atoms with Crippen LogP contribution in [0.15, 0.2) is 29.3 Å². The molecule has 7 nitrogen and oxygen atoms in total. The lowest BCUT2D eigenvalue weighted by Crippen LogP contribution is -2.57. The van der Waals surface area contributed by atoms with Gasteiger partial charge in [-0.15, -0.1) is 24.0 Å². The van der Waals surface area contributed by atoms with Crippen LogP contribution in [0, 0.1) is 11.3 Å². The standard InChI is InChI=1S/C22H32N6O.HI/c1-3-24-22(25-17-20-8-6-19(16-23)7-9-20)28-14-12-26(13-15-28)18(2)21(29)27-10-4-5-11-27;/h6-9,18H,3-5,10-15,17H2,1-2H3,(H,24,25);1H. The van der Waals surface area contributed by atoms with Gasteiger partial charge in [-0.05, 0) is 44.4 Å². The van der Waals surface area contributed by atoms with Gasteiger partial charge in [-0.3, -0.25) is 9.69 Å². The number of guanidine groups is 1. The lowest BCUT2D eigenvalue weighted by atomic mass is 10.1. The Morgan fingerprint density at radius 3 is 2.30 bits per heavy atom. The molecule has 0 saturated carbocycles. The monoisotopic (exact) mass is 524 g/mol. The number of carbonyl (C=O) groups is 1. The molecule has 2 heterocycles. The van der Waals surface area contributed by atoms with Crippen LogP contribution < -0.4 is 5.32 Å². The van der Waals surface area contributed by atoms with Crippen molar-refractivity contribution in [1.82, 2.24) is 20.0 Å². The molecule has 0 aromatic heterocycles. The molecule has 1 aromatic rings. The van der Waals surface area contributed by atoms with E-state index in [1.165, 1.54) is 0 Å². The van der Waals surface area contributed by atoms with Crippen LogP contribution in [-0.4, -0.2) is 78.4 Å². The van der Waals surface area contributed by atoms with Crippen molar-refractivity contribution in [2.75, 3.05) is 45.8 Å². The maximum atomic E-state index is 12.7. The van der Waals surface area contributed by atoms with Crippen molar-refractivity contribution < 1.29 is 4.79 Å². The van der Waals surface area contributed by atoms with Gasteiger partial charge in [0.2, 0.25) is 5.91 Å². The van der Waals surface area contributed by atoms with Crippen molar-refractivity contribution in [2.24, 2.45) is 4.99 Å². The molecule has 1 unspecified atom stereocenters. The summed E-state index contributed by atoms with van der Waals surface area (Å²) >= 11 is 0. The second-order valence-corrected chi connectivity index (χ2v) is 7.71. The van der Waals surface area contributed by atoms with E-state index in [-0.39, 0.29) is 35.9 Å². The molecule has 30 heavy (non-hydrogen) atoms. The van der Waals surface area contributed by atoms with Crippen molar-refractivity contribution in [3.8, 4) is 6.07 Å². The molecule has 164 valence electrons. The molecule has 2 fully saturated rings. The smallest absolute Gasteiger partial charge is 0.239 e. The highest BCUT2D eigenvalue weighted by Crippen LogP contribution is 2.14. The van der Waals surface area contributed by atoms with Crippen LogP contribution in [0.4, 0.5) is 0 Å². The minimum Gasteiger partial charge on any atom is -0.357 e. The summed E-state index contributed by atoms with van der Waals surface area (Å²) < 4.78 is 0. The predicted octanol–water partition coefficient (Wildman–Crippen LogP) is 2.27. The molecule has 0 radical (unpaired) electrons. The van der Waals surface area contributed by atoms with Crippen molar-refractivity contribution in [1.29, 1.82) is 5.26 Å². The zero-order valence-electron chi connectivity index (χ0n) is 18.0. The molecular weight excluding hydrogens is 491 g/mol. The fourth-order valence-electron chi connectivity index (χ4n) is 3.96. The average molecular weight is 524 g/mol. The molecule has 2 saturated heterocycles. The summed E-state index contributed by atoms with van der Waals surface area (Å²) in [5, 5.41) is 12.3. The number of nitrogens with zero attached hydrogens (tertiary/aromatic N) is 5. The highest BCUT2D eigenvalue weighted by atomic mass is 127. The van der Waals surface area contributed by atoms with Gasteiger partial charge in [0.1, 0.15) is 0 Å². The predicted molar refractivity (Wildman–Crippen MR) is 130 cm³/mol. The fraction of sp³-hybridized carbons (Fsp3) is 0.591. The number of hydrogen-bond acceptors (Lipinski definition) is 4. The summed E-state index contributed by atoms with van der Waals surface area (Å²) in [5.74, 6) is 1.19. The van der Waals surface area contributed by atoms with Gasteiger partial charge in [-0.2, -0.15) is 5.26 Å². The van der Waals surface area contributed by atoms with Crippen LogP contribution in [-0.2, 0) is 11.3 Å². The van der Waals surface area contributed by atoms with Gasteiger partial charge >= 0.3 is 0 Å². The summed E-state index contributed by atoms with van der Waals surface area (Å²) in [6, 6.07) is 9.66. The van der Waals surface area contributed by atoms with Crippen LogP contribution in [0.1, 0.15) is 37.8 Å². The van der Waals surface area contributed by atoms with Crippen LogP contribution in [0.2, 0.25) is 0 Å². The minimum atomic E-state index is -0.0478. The molecule has 2 aliphatic heterocycles. The Hall–Kier alpha value is -1.86. The number of rotatable bonds is 5. The SMILES string of the molecule is CCNC(=NCc1ccc(C#N)cc1)N1CCN(C(C)C(=O)N2CCCC2)CC1.I. The van der Waals surface area contributed by atoms with Gasteiger partial charge in [-0.25, -0.2) is 4.99 Å². The normalized spacial score (nSPS) is 18.5. The molecule has 1 amide bonds. The van der Waals surface area contributed by atoms with Crippen molar-refractivity contribution in [2.45, 2.75) is 39.3 Å². The molecule has 1 aromatic carbocycles. The van der Waals surface area contributed by atoms with Crippen LogP contribution in [0.5, 0.6) is 0 Å². The van der Waals surface area contributed by atoms with Gasteiger partial charge in [0, 0.05) is 45.8 Å². The van der Waals surface area contributed by atoms with E-state index in [1.807, 2.05) is 36.1 Å². The number of likely N-dealkylation sites (tertiary alicyclic amines) is 1. The van der Waals surface area contributed by atoms with Crippen LogP contribution in [0.3, 0.4) is 0 Å². The third-order valence-corrected chi connectivity index (χ3v) is 5.77. The third kappa shape index (κ3) is 6.32. The summed E-state index contributed by atoms with van der Waals surface area (Å²) in [7, 11) is 0. The van der Waals surface area contributed by atoms with Crippen LogP contribution in [0.25, 0.3) is 0 Å². The van der Waals surface area contributed by atoms with Crippen molar-refractivity contribution in [3.05, 3.63) is 35.4 Å². The zero-order valence-corrected chi connectivity index (χ0v) is 20.3. The molecule has 8 heteroatoms. The van der Waals surface area contributed by atoms with Gasteiger partial charge in [-0.1, -0.05) is 12.1 Å². The van der Waals surface area contributed by atoms with E-state index < -0.39 is 0 Å². The van der Waals surface area contributed by atoms with E-state index in [4.69, 9.17) is 10.3 Å². The Bertz CT molecular complexity index is 746. The quantitative estimate of drug-likeness (QED) is 0.364. The zero-order chi connectivity index (χ0) is 20.6. The third-order valence-electron chi connectivity index (χ3n) is 5.77. The Kier molecular flexibility index (Phi) is 9.85. The maximum absolute atomic E-state index is 12.7. The second-order valence-electron chi connectivity index (χ2n) is 7.71. The van der Waals surface area contributed by atoms with E-state index in [1.54, 1.807) is 0 Å². The molecule has 3 rings (SSSR count). The number of nitriles is 1.